The monoisotopic (exact) mass is 372 g/mol. The van der Waals surface area contributed by atoms with Crippen LogP contribution in [-0.2, 0) is 4.79 Å². The molecule has 1 aromatic heterocycles. The van der Waals surface area contributed by atoms with Gasteiger partial charge in [-0.05, 0) is 30.9 Å². The number of nitrogens with one attached hydrogen (secondary N) is 2. The van der Waals surface area contributed by atoms with Gasteiger partial charge in [0.25, 0.3) is 0 Å². The van der Waals surface area contributed by atoms with Gasteiger partial charge in [-0.3, -0.25) is 4.79 Å². The van der Waals surface area contributed by atoms with Gasteiger partial charge in [0.2, 0.25) is 5.91 Å². The molecule has 3 rings (SSSR count). The maximum Gasteiger partial charge on any atom is 0.321 e. The average molecular weight is 372 g/mol. The summed E-state index contributed by atoms with van der Waals surface area (Å²) in [6, 6.07) is 9.19. The number of hydrogen-bond acceptors (Lipinski definition) is 4. The van der Waals surface area contributed by atoms with Crippen LogP contribution < -0.4 is 10.6 Å². The summed E-state index contributed by atoms with van der Waals surface area (Å²) in [6.45, 7) is 5.29. The number of aromatic nitrogens is 1. The Labute approximate surface area is 157 Å². The van der Waals surface area contributed by atoms with Crippen LogP contribution in [0.15, 0.2) is 36.5 Å². The van der Waals surface area contributed by atoms with Crippen LogP contribution in [0.25, 0.3) is 0 Å². The van der Waals surface area contributed by atoms with Gasteiger partial charge >= 0.3 is 6.03 Å². The minimum Gasteiger partial charge on any atom is -0.324 e. The maximum atomic E-state index is 12.6. The van der Waals surface area contributed by atoms with E-state index in [9.17, 15) is 9.59 Å². The fourth-order valence-electron chi connectivity index (χ4n) is 2.92. The molecule has 1 atom stereocenters. The second kappa shape index (κ2) is 8.31. The average Bonchev–Trinajstić information content (AvgIpc) is 3.11. The third-order valence-electron chi connectivity index (χ3n) is 4.43. The Morgan fingerprint density at radius 3 is 2.69 bits per heavy atom. The van der Waals surface area contributed by atoms with Crippen molar-refractivity contribution < 1.29 is 9.59 Å². The Kier molecular flexibility index (Phi) is 5.88. The summed E-state index contributed by atoms with van der Waals surface area (Å²) in [5, 5.41) is 6.42. The summed E-state index contributed by atoms with van der Waals surface area (Å²) in [7, 11) is 0. The quantitative estimate of drug-likeness (QED) is 0.847. The molecule has 2 aromatic rings. The van der Waals surface area contributed by atoms with Crippen molar-refractivity contribution in [2.24, 2.45) is 5.92 Å². The summed E-state index contributed by atoms with van der Waals surface area (Å²) < 4.78 is 0. The number of thiazole rings is 1. The first-order valence-corrected chi connectivity index (χ1v) is 9.72. The highest BCUT2D eigenvalue weighted by molar-refractivity contribution is 7.15. The number of piperidine rings is 1. The second-order valence-corrected chi connectivity index (χ2v) is 7.86. The molecule has 138 valence electrons. The van der Waals surface area contributed by atoms with Crippen molar-refractivity contribution in [1.29, 1.82) is 0 Å². The largest absolute Gasteiger partial charge is 0.324 e. The number of urea groups is 1. The van der Waals surface area contributed by atoms with E-state index in [1.165, 1.54) is 11.3 Å². The van der Waals surface area contributed by atoms with Gasteiger partial charge < -0.3 is 15.5 Å². The van der Waals surface area contributed by atoms with E-state index in [0.29, 0.717) is 24.1 Å². The van der Waals surface area contributed by atoms with Crippen LogP contribution in [0.3, 0.4) is 0 Å². The molecule has 6 nitrogen and oxygen atoms in total. The molecule has 1 aliphatic rings. The molecule has 0 spiro atoms. The van der Waals surface area contributed by atoms with E-state index in [1.807, 2.05) is 36.5 Å². The van der Waals surface area contributed by atoms with Crippen LogP contribution in [0.5, 0.6) is 0 Å². The Hall–Kier alpha value is -2.41. The minimum absolute atomic E-state index is 0.0631. The van der Waals surface area contributed by atoms with Crippen LogP contribution >= 0.6 is 11.3 Å². The van der Waals surface area contributed by atoms with Gasteiger partial charge in [0.15, 0.2) is 5.13 Å². The molecule has 7 heteroatoms. The molecule has 2 heterocycles. The molecule has 1 aliphatic heterocycles. The number of hydrogen-bond donors (Lipinski definition) is 2. The van der Waals surface area contributed by atoms with Crippen molar-refractivity contribution >= 4 is 34.1 Å². The van der Waals surface area contributed by atoms with Gasteiger partial charge in [-0.2, -0.15) is 0 Å². The van der Waals surface area contributed by atoms with E-state index >= 15 is 0 Å². The lowest BCUT2D eigenvalue weighted by molar-refractivity contribution is -0.121. The topological polar surface area (TPSA) is 74.3 Å². The number of nitrogens with zero attached hydrogens (tertiary/aromatic N) is 2. The molecule has 0 radical (unpaired) electrons. The van der Waals surface area contributed by atoms with E-state index in [0.717, 1.165) is 23.4 Å². The minimum atomic E-state index is -0.211. The predicted octanol–water partition coefficient (Wildman–Crippen LogP) is 4.15. The van der Waals surface area contributed by atoms with Gasteiger partial charge in [0.1, 0.15) is 0 Å². The summed E-state index contributed by atoms with van der Waals surface area (Å²) in [6.07, 6.45) is 3.41. The number of rotatable bonds is 4. The maximum absolute atomic E-state index is 12.6. The SMILES string of the molecule is CC(C)c1cnc(NC(=O)[C@H]2CCCN(C(=O)Nc3ccccc3)C2)s1. The highest BCUT2D eigenvalue weighted by Gasteiger charge is 2.29. The van der Waals surface area contributed by atoms with Crippen molar-refractivity contribution in [3.05, 3.63) is 41.4 Å². The third-order valence-corrected chi connectivity index (χ3v) is 5.64. The highest BCUT2D eigenvalue weighted by Crippen LogP contribution is 2.26. The predicted molar refractivity (Wildman–Crippen MR) is 105 cm³/mol. The first-order valence-electron chi connectivity index (χ1n) is 8.90. The van der Waals surface area contributed by atoms with Gasteiger partial charge in [-0.15, -0.1) is 11.3 Å². The number of likely N-dealkylation sites (tertiary alicyclic amines) is 1. The molecular weight excluding hydrogens is 348 g/mol. The molecule has 0 bridgehead atoms. The molecule has 26 heavy (non-hydrogen) atoms. The van der Waals surface area contributed by atoms with Gasteiger partial charge in [0.05, 0.1) is 5.92 Å². The van der Waals surface area contributed by atoms with Crippen molar-refractivity contribution in [3.63, 3.8) is 0 Å². The molecule has 1 saturated heterocycles. The lowest BCUT2D eigenvalue weighted by Gasteiger charge is -2.31. The van der Waals surface area contributed by atoms with Gasteiger partial charge in [-0.1, -0.05) is 32.0 Å². The number of benzene rings is 1. The molecule has 0 aliphatic carbocycles. The van der Waals surface area contributed by atoms with Crippen molar-refractivity contribution in [2.75, 3.05) is 23.7 Å². The molecule has 3 amide bonds. The van der Waals surface area contributed by atoms with Gasteiger partial charge in [-0.25, -0.2) is 9.78 Å². The number of anilines is 2. The zero-order chi connectivity index (χ0) is 18.5. The molecule has 1 aromatic carbocycles. The summed E-state index contributed by atoms with van der Waals surface area (Å²) in [4.78, 5) is 32.1. The van der Waals surface area contributed by atoms with Gasteiger partial charge in [0, 0.05) is 29.9 Å². The van der Waals surface area contributed by atoms with E-state index in [4.69, 9.17) is 0 Å². The van der Waals surface area contributed by atoms with E-state index in [2.05, 4.69) is 29.5 Å². The van der Waals surface area contributed by atoms with Crippen molar-refractivity contribution in [1.82, 2.24) is 9.88 Å². The van der Waals surface area contributed by atoms with Crippen LogP contribution in [-0.4, -0.2) is 34.9 Å². The normalized spacial score (nSPS) is 17.2. The summed E-state index contributed by atoms with van der Waals surface area (Å²) >= 11 is 1.51. The van der Waals surface area contributed by atoms with Crippen LogP contribution in [0, 0.1) is 5.92 Å². The van der Waals surface area contributed by atoms with E-state index in [1.54, 1.807) is 4.90 Å². The van der Waals surface area contributed by atoms with E-state index < -0.39 is 0 Å². The first kappa shape index (κ1) is 18.4. The van der Waals surface area contributed by atoms with Crippen LogP contribution in [0.2, 0.25) is 0 Å². The fraction of sp³-hybridized carbons (Fsp3) is 0.421. The number of para-hydroxylation sites is 1. The smallest absolute Gasteiger partial charge is 0.321 e. The standard InChI is InChI=1S/C19H24N4O2S/c1-13(2)16-11-20-18(26-16)22-17(24)14-7-6-10-23(12-14)19(25)21-15-8-4-3-5-9-15/h3-5,8-9,11,13-14H,6-7,10,12H2,1-2H3,(H,21,25)(H,20,22,24)/t14-/m0/s1. The Morgan fingerprint density at radius 1 is 1.23 bits per heavy atom. The number of carbonyl (C=O) groups is 2. The zero-order valence-corrected chi connectivity index (χ0v) is 15.9. The third kappa shape index (κ3) is 4.60. The lowest BCUT2D eigenvalue weighted by atomic mass is 9.97. The van der Waals surface area contributed by atoms with Crippen molar-refractivity contribution in [2.45, 2.75) is 32.6 Å². The lowest BCUT2D eigenvalue weighted by Crippen LogP contribution is -2.45. The number of carbonyl (C=O) groups excluding carboxylic acids is 2. The van der Waals surface area contributed by atoms with Crippen LogP contribution in [0.1, 0.15) is 37.5 Å². The Morgan fingerprint density at radius 2 is 2.00 bits per heavy atom. The fourth-order valence-corrected chi connectivity index (χ4v) is 3.74. The second-order valence-electron chi connectivity index (χ2n) is 6.79. The Balaban J connectivity index is 1.56. The van der Waals surface area contributed by atoms with E-state index in [-0.39, 0.29) is 17.9 Å². The van der Waals surface area contributed by atoms with Crippen molar-refractivity contribution in [3.8, 4) is 0 Å². The molecular formula is C19H24N4O2S. The summed E-state index contributed by atoms with van der Waals surface area (Å²) in [5.74, 6) is 0.119. The highest BCUT2D eigenvalue weighted by atomic mass is 32.1. The zero-order valence-electron chi connectivity index (χ0n) is 15.1. The molecule has 2 N–H and O–H groups in total. The molecule has 0 saturated carbocycles. The summed E-state index contributed by atoms with van der Waals surface area (Å²) in [5.41, 5.74) is 0.757. The molecule has 1 fully saturated rings. The molecule has 0 unspecified atom stereocenters. The first-order chi connectivity index (χ1) is 12.5. The number of amides is 3. The Bertz CT molecular complexity index is 760. The van der Waals surface area contributed by atoms with Crippen LogP contribution in [0.4, 0.5) is 15.6 Å².